The number of carbonyl (C=O) groups is 1. The van der Waals surface area contributed by atoms with E-state index in [-0.39, 0.29) is 11.9 Å². The molecule has 2 aromatic rings. The second kappa shape index (κ2) is 5.31. The highest BCUT2D eigenvalue weighted by molar-refractivity contribution is 5.91. The van der Waals surface area contributed by atoms with Gasteiger partial charge < -0.3 is 9.32 Å². The van der Waals surface area contributed by atoms with Crippen LogP contribution in [0.1, 0.15) is 41.4 Å². The summed E-state index contributed by atoms with van der Waals surface area (Å²) in [6.07, 6.45) is 4.81. The van der Waals surface area contributed by atoms with Crippen molar-refractivity contribution in [3.8, 4) is 0 Å². The Morgan fingerprint density at radius 1 is 1.11 bits per heavy atom. The number of amides is 1. The summed E-state index contributed by atoms with van der Waals surface area (Å²) in [5.74, 6) is 0.432. The molecule has 1 saturated heterocycles. The number of nitrogens with zero attached hydrogens (tertiary/aromatic N) is 1. The van der Waals surface area contributed by atoms with Crippen LogP contribution in [0.5, 0.6) is 0 Å². The van der Waals surface area contributed by atoms with E-state index in [1.54, 1.807) is 18.4 Å². The molecule has 1 fully saturated rings. The number of hydrogen-bond acceptors (Lipinski definition) is 2. The molecule has 3 rings (SSSR count). The maximum absolute atomic E-state index is 12.5. The summed E-state index contributed by atoms with van der Waals surface area (Å²) < 4.78 is 5.24. The second-order valence-electron chi connectivity index (χ2n) is 4.90. The first kappa shape index (κ1) is 12.0. The molecule has 3 nitrogen and oxygen atoms in total. The van der Waals surface area contributed by atoms with Crippen molar-refractivity contribution >= 4 is 5.91 Å². The Bertz CT molecular complexity index is 533. The van der Waals surface area contributed by atoms with E-state index < -0.39 is 0 Å². The topological polar surface area (TPSA) is 33.5 Å². The largest absolute Gasteiger partial charge is 0.459 e. The van der Waals surface area contributed by atoms with E-state index in [1.807, 2.05) is 23.1 Å². The van der Waals surface area contributed by atoms with Crippen molar-refractivity contribution < 1.29 is 9.21 Å². The summed E-state index contributed by atoms with van der Waals surface area (Å²) >= 11 is 0. The molecule has 0 saturated carbocycles. The number of rotatable bonds is 2. The van der Waals surface area contributed by atoms with Crippen LogP contribution >= 0.6 is 0 Å². The third-order valence-corrected chi connectivity index (χ3v) is 3.68. The maximum Gasteiger partial charge on any atom is 0.290 e. The molecule has 0 spiro atoms. The van der Waals surface area contributed by atoms with Crippen LogP contribution in [-0.2, 0) is 0 Å². The quantitative estimate of drug-likeness (QED) is 0.820. The molecule has 0 bridgehead atoms. The molecule has 2 heterocycles. The molecule has 1 aliphatic rings. The molecule has 1 aliphatic heterocycles. The summed E-state index contributed by atoms with van der Waals surface area (Å²) in [7, 11) is 0. The molecule has 1 amide bonds. The van der Waals surface area contributed by atoms with Crippen molar-refractivity contribution in [2.45, 2.75) is 25.3 Å². The van der Waals surface area contributed by atoms with E-state index in [0.717, 1.165) is 19.4 Å². The predicted molar refractivity (Wildman–Crippen MR) is 72.8 cm³/mol. The number of hydrogen-bond donors (Lipinski definition) is 0. The number of carbonyl (C=O) groups excluding carboxylic acids is 1. The normalized spacial score (nSPS) is 19.4. The first-order valence-corrected chi connectivity index (χ1v) is 6.75. The molecule has 1 aromatic carbocycles. The SMILES string of the molecule is O=C(c1ccco1)N1CCCCC1c1ccccc1. The van der Waals surface area contributed by atoms with Crippen molar-refractivity contribution in [1.29, 1.82) is 0 Å². The van der Waals surface area contributed by atoms with Gasteiger partial charge >= 0.3 is 0 Å². The Morgan fingerprint density at radius 3 is 2.68 bits per heavy atom. The summed E-state index contributed by atoms with van der Waals surface area (Å²) in [5.41, 5.74) is 1.21. The van der Waals surface area contributed by atoms with Gasteiger partial charge in [-0.3, -0.25) is 4.79 Å². The maximum atomic E-state index is 12.5. The lowest BCUT2D eigenvalue weighted by Gasteiger charge is -2.35. The highest BCUT2D eigenvalue weighted by Crippen LogP contribution is 2.31. The lowest BCUT2D eigenvalue weighted by Crippen LogP contribution is -2.38. The molecule has 19 heavy (non-hydrogen) atoms. The van der Waals surface area contributed by atoms with Crippen molar-refractivity contribution in [1.82, 2.24) is 4.90 Å². The van der Waals surface area contributed by atoms with Crippen molar-refractivity contribution in [2.24, 2.45) is 0 Å². The fourth-order valence-corrected chi connectivity index (χ4v) is 2.74. The molecule has 1 atom stereocenters. The van der Waals surface area contributed by atoms with Crippen LogP contribution in [-0.4, -0.2) is 17.4 Å². The molecular weight excluding hydrogens is 238 g/mol. The minimum absolute atomic E-state index is 0.00134. The monoisotopic (exact) mass is 255 g/mol. The van der Waals surface area contributed by atoms with Gasteiger partial charge in [0.05, 0.1) is 12.3 Å². The van der Waals surface area contributed by atoms with E-state index in [9.17, 15) is 4.79 Å². The van der Waals surface area contributed by atoms with Gasteiger partial charge in [0.1, 0.15) is 0 Å². The van der Waals surface area contributed by atoms with Gasteiger partial charge in [-0.2, -0.15) is 0 Å². The Morgan fingerprint density at radius 2 is 1.95 bits per heavy atom. The smallest absolute Gasteiger partial charge is 0.290 e. The molecule has 0 aliphatic carbocycles. The summed E-state index contributed by atoms with van der Waals surface area (Å²) in [5, 5.41) is 0. The fourth-order valence-electron chi connectivity index (χ4n) is 2.74. The lowest BCUT2D eigenvalue weighted by atomic mass is 9.95. The lowest BCUT2D eigenvalue weighted by molar-refractivity contribution is 0.0579. The van der Waals surface area contributed by atoms with E-state index in [0.29, 0.717) is 5.76 Å². The van der Waals surface area contributed by atoms with Gasteiger partial charge in [0, 0.05) is 6.54 Å². The fraction of sp³-hybridized carbons (Fsp3) is 0.312. The Hall–Kier alpha value is -2.03. The van der Waals surface area contributed by atoms with Crippen LogP contribution in [0.4, 0.5) is 0 Å². The van der Waals surface area contributed by atoms with Crippen LogP contribution in [0.3, 0.4) is 0 Å². The molecule has 3 heteroatoms. The minimum atomic E-state index is -0.00134. The Kier molecular flexibility index (Phi) is 3.36. The zero-order chi connectivity index (χ0) is 13.1. The van der Waals surface area contributed by atoms with Crippen LogP contribution in [0.15, 0.2) is 53.1 Å². The number of likely N-dealkylation sites (tertiary alicyclic amines) is 1. The summed E-state index contributed by atoms with van der Waals surface area (Å²) in [6.45, 7) is 0.805. The third kappa shape index (κ3) is 2.41. The Labute approximate surface area is 112 Å². The summed E-state index contributed by atoms with van der Waals surface area (Å²) in [4.78, 5) is 14.4. The average molecular weight is 255 g/mol. The standard InChI is InChI=1S/C16H17NO2/c18-16(15-10-6-12-19-15)17-11-5-4-9-14(17)13-7-2-1-3-8-13/h1-3,6-8,10,12,14H,4-5,9,11H2. The van der Waals surface area contributed by atoms with Gasteiger partial charge in [0.2, 0.25) is 0 Å². The second-order valence-corrected chi connectivity index (χ2v) is 4.90. The van der Waals surface area contributed by atoms with Crippen LogP contribution in [0.25, 0.3) is 0 Å². The van der Waals surface area contributed by atoms with E-state index >= 15 is 0 Å². The molecular formula is C16H17NO2. The molecule has 1 unspecified atom stereocenters. The van der Waals surface area contributed by atoms with Crippen molar-refractivity contribution in [3.05, 3.63) is 60.1 Å². The van der Waals surface area contributed by atoms with Crippen LogP contribution in [0, 0.1) is 0 Å². The molecule has 98 valence electrons. The Balaban J connectivity index is 1.87. The van der Waals surface area contributed by atoms with Crippen molar-refractivity contribution in [2.75, 3.05) is 6.54 Å². The van der Waals surface area contributed by atoms with Crippen LogP contribution < -0.4 is 0 Å². The van der Waals surface area contributed by atoms with Gasteiger partial charge in [-0.25, -0.2) is 0 Å². The zero-order valence-electron chi connectivity index (χ0n) is 10.8. The van der Waals surface area contributed by atoms with Gasteiger partial charge in [-0.15, -0.1) is 0 Å². The first-order chi connectivity index (χ1) is 9.36. The molecule has 0 radical (unpaired) electrons. The minimum Gasteiger partial charge on any atom is -0.459 e. The summed E-state index contributed by atoms with van der Waals surface area (Å²) in [6, 6.07) is 13.9. The van der Waals surface area contributed by atoms with E-state index in [1.165, 1.54) is 12.0 Å². The van der Waals surface area contributed by atoms with Gasteiger partial charge in [0.25, 0.3) is 5.91 Å². The zero-order valence-corrected chi connectivity index (χ0v) is 10.8. The molecule has 1 aromatic heterocycles. The highest BCUT2D eigenvalue weighted by Gasteiger charge is 2.29. The third-order valence-electron chi connectivity index (χ3n) is 3.68. The average Bonchev–Trinajstić information content (AvgIpc) is 3.02. The number of furan rings is 1. The first-order valence-electron chi connectivity index (χ1n) is 6.75. The predicted octanol–water partition coefficient (Wildman–Crippen LogP) is 3.65. The molecule has 0 N–H and O–H groups in total. The number of benzene rings is 1. The number of piperidine rings is 1. The van der Waals surface area contributed by atoms with E-state index in [2.05, 4.69) is 12.1 Å². The van der Waals surface area contributed by atoms with Crippen molar-refractivity contribution in [3.63, 3.8) is 0 Å². The van der Waals surface area contributed by atoms with E-state index in [4.69, 9.17) is 4.42 Å². The van der Waals surface area contributed by atoms with Crippen LogP contribution in [0.2, 0.25) is 0 Å². The van der Waals surface area contributed by atoms with Gasteiger partial charge in [0.15, 0.2) is 5.76 Å². The highest BCUT2D eigenvalue weighted by atomic mass is 16.3. The van der Waals surface area contributed by atoms with Gasteiger partial charge in [-0.1, -0.05) is 30.3 Å². The van der Waals surface area contributed by atoms with Gasteiger partial charge in [-0.05, 0) is 37.0 Å².